The molecular weight excluding hydrogens is 374 g/mol. The van der Waals surface area contributed by atoms with Gasteiger partial charge in [-0.3, -0.25) is 24.1 Å². The van der Waals surface area contributed by atoms with Gasteiger partial charge in [0.1, 0.15) is 12.3 Å². The third kappa shape index (κ3) is 2.79. The number of hydrogen-bond donors (Lipinski definition) is 0. The van der Waals surface area contributed by atoms with Crippen LogP contribution in [0.3, 0.4) is 0 Å². The summed E-state index contributed by atoms with van der Waals surface area (Å²) in [5, 5.41) is 0. The molecule has 7 heteroatoms. The Morgan fingerprint density at radius 3 is 2.14 bits per heavy atom. The molecule has 1 aromatic carbocycles. The minimum Gasteiger partial charge on any atom is -0.497 e. The van der Waals surface area contributed by atoms with Crippen LogP contribution in [0.25, 0.3) is 0 Å². The van der Waals surface area contributed by atoms with Gasteiger partial charge in [0, 0.05) is 5.56 Å². The maximum atomic E-state index is 12.8. The monoisotopic (exact) mass is 395 g/mol. The number of likely N-dealkylation sites (tertiary alicyclic amines) is 1. The highest BCUT2D eigenvalue weighted by Gasteiger charge is 2.67. The Hall–Kier alpha value is -2.96. The first kappa shape index (κ1) is 18.1. The number of allylic oxidation sites excluding steroid dienone is 2. The van der Waals surface area contributed by atoms with Gasteiger partial charge in [-0.05, 0) is 54.4 Å². The third-order valence-electron chi connectivity index (χ3n) is 6.82. The SMILES string of the molecule is COc1ccc(C(=O)COC(=O)CN2C(=O)[C@@H]3[C@@H]4C=C[C@H]([C@H]5C[C@H]45)[C@@H]3C2=O)cc1. The lowest BCUT2D eigenvalue weighted by Crippen LogP contribution is -2.40. The summed E-state index contributed by atoms with van der Waals surface area (Å²) in [6.07, 6.45) is 5.26. The molecule has 1 aliphatic heterocycles. The van der Waals surface area contributed by atoms with Gasteiger partial charge < -0.3 is 9.47 Å². The second kappa shape index (κ2) is 6.54. The zero-order valence-electron chi connectivity index (χ0n) is 15.9. The molecule has 0 radical (unpaired) electrons. The average Bonchev–Trinajstić information content (AvgIpc) is 3.53. The van der Waals surface area contributed by atoms with Crippen molar-refractivity contribution in [2.24, 2.45) is 35.5 Å². The van der Waals surface area contributed by atoms with Crippen LogP contribution in [-0.4, -0.2) is 48.7 Å². The smallest absolute Gasteiger partial charge is 0.326 e. The van der Waals surface area contributed by atoms with Crippen molar-refractivity contribution in [1.29, 1.82) is 0 Å². The summed E-state index contributed by atoms with van der Waals surface area (Å²) in [6.45, 7) is -0.874. The summed E-state index contributed by atoms with van der Waals surface area (Å²) in [5.41, 5.74) is 0.389. The number of ether oxygens (including phenoxy) is 2. The second-order valence-corrected chi connectivity index (χ2v) is 8.23. The second-order valence-electron chi connectivity index (χ2n) is 8.23. The number of methoxy groups -OCH3 is 1. The van der Waals surface area contributed by atoms with Crippen LogP contribution in [0.15, 0.2) is 36.4 Å². The van der Waals surface area contributed by atoms with Crippen molar-refractivity contribution >= 4 is 23.6 Å². The van der Waals surface area contributed by atoms with Crippen LogP contribution in [0.5, 0.6) is 5.75 Å². The molecule has 4 aliphatic carbocycles. The summed E-state index contributed by atoms with van der Waals surface area (Å²) in [5.74, 6) is -0.473. The molecule has 0 aromatic heterocycles. The molecule has 7 nitrogen and oxygen atoms in total. The molecule has 2 saturated carbocycles. The van der Waals surface area contributed by atoms with Crippen molar-refractivity contribution in [1.82, 2.24) is 4.90 Å². The van der Waals surface area contributed by atoms with Crippen molar-refractivity contribution in [3.63, 3.8) is 0 Å². The topological polar surface area (TPSA) is 90.0 Å². The Morgan fingerprint density at radius 1 is 1.00 bits per heavy atom. The van der Waals surface area contributed by atoms with Gasteiger partial charge in [-0.2, -0.15) is 0 Å². The number of rotatable bonds is 6. The predicted molar refractivity (Wildman–Crippen MR) is 99.7 cm³/mol. The van der Waals surface area contributed by atoms with Crippen LogP contribution in [0.1, 0.15) is 16.8 Å². The number of amides is 2. The largest absolute Gasteiger partial charge is 0.497 e. The van der Waals surface area contributed by atoms with E-state index in [9.17, 15) is 19.2 Å². The molecule has 2 amide bonds. The zero-order valence-corrected chi connectivity index (χ0v) is 15.9. The molecule has 2 bridgehead atoms. The van der Waals surface area contributed by atoms with Crippen LogP contribution in [-0.2, 0) is 19.1 Å². The first-order valence-electron chi connectivity index (χ1n) is 9.86. The highest BCUT2D eigenvalue weighted by Crippen LogP contribution is 2.65. The van der Waals surface area contributed by atoms with Crippen molar-refractivity contribution in [2.75, 3.05) is 20.3 Å². The van der Waals surface area contributed by atoms with Gasteiger partial charge in [0.2, 0.25) is 11.8 Å². The van der Waals surface area contributed by atoms with Crippen molar-refractivity contribution in [3.05, 3.63) is 42.0 Å². The number of ketones is 1. The Kier molecular flexibility index (Phi) is 4.08. The average molecular weight is 395 g/mol. The van der Waals surface area contributed by atoms with E-state index in [4.69, 9.17) is 9.47 Å². The number of imide groups is 1. The first-order chi connectivity index (χ1) is 14.0. The van der Waals surface area contributed by atoms with Crippen molar-refractivity contribution < 1.29 is 28.7 Å². The molecular formula is C22H21NO6. The quantitative estimate of drug-likeness (QED) is 0.314. The van der Waals surface area contributed by atoms with E-state index in [2.05, 4.69) is 12.2 Å². The maximum Gasteiger partial charge on any atom is 0.326 e. The molecule has 1 aromatic rings. The van der Waals surface area contributed by atoms with Gasteiger partial charge in [-0.25, -0.2) is 0 Å². The lowest BCUT2D eigenvalue weighted by Gasteiger charge is -2.37. The molecule has 1 saturated heterocycles. The van der Waals surface area contributed by atoms with E-state index in [0.717, 1.165) is 11.3 Å². The molecule has 6 atom stereocenters. The molecule has 0 unspecified atom stereocenters. The van der Waals surface area contributed by atoms with Crippen molar-refractivity contribution in [2.45, 2.75) is 6.42 Å². The highest BCUT2D eigenvalue weighted by molar-refractivity contribution is 6.08. The predicted octanol–water partition coefficient (Wildman–Crippen LogP) is 1.47. The van der Waals surface area contributed by atoms with Crippen LogP contribution in [0.2, 0.25) is 0 Å². The normalized spacial score (nSPS) is 33.3. The molecule has 5 aliphatic rings. The Morgan fingerprint density at radius 2 is 1.59 bits per heavy atom. The molecule has 0 spiro atoms. The zero-order chi connectivity index (χ0) is 20.3. The molecule has 3 fully saturated rings. The number of esters is 1. The number of nitrogens with zero attached hydrogens (tertiary/aromatic N) is 1. The first-order valence-corrected chi connectivity index (χ1v) is 9.86. The number of hydrogen-bond acceptors (Lipinski definition) is 6. The van der Waals surface area contributed by atoms with E-state index in [0.29, 0.717) is 23.1 Å². The highest BCUT2D eigenvalue weighted by atomic mass is 16.5. The Balaban J connectivity index is 1.20. The third-order valence-corrected chi connectivity index (χ3v) is 6.82. The van der Waals surface area contributed by atoms with Gasteiger partial charge >= 0.3 is 5.97 Å². The van der Waals surface area contributed by atoms with Crippen LogP contribution >= 0.6 is 0 Å². The van der Waals surface area contributed by atoms with E-state index in [-0.39, 0.29) is 41.3 Å². The fourth-order valence-electron chi connectivity index (χ4n) is 5.36. The lowest BCUT2D eigenvalue weighted by molar-refractivity contribution is -0.152. The standard InChI is InChI=1S/C22H21NO6/c1-28-12-4-2-11(3-5-12)17(24)10-29-18(25)9-23-21(26)19-13-6-7-14(16-8-15(13)16)20(19)22(23)27/h2-7,13-16,19-20H,8-10H2,1H3/t13-,14-,15-,16-,19-,20+/m1/s1. The van der Waals surface area contributed by atoms with Gasteiger partial charge in [-0.15, -0.1) is 0 Å². The van der Waals surface area contributed by atoms with Crippen LogP contribution in [0, 0.1) is 35.5 Å². The van der Waals surface area contributed by atoms with Crippen molar-refractivity contribution in [3.8, 4) is 5.75 Å². The summed E-state index contributed by atoms with van der Waals surface area (Å²) in [4.78, 5) is 51.1. The van der Waals surface area contributed by atoms with Crippen LogP contribution in [0.4, 0.5) is 0 Å². The van der Waals surface area contributed by atoms with E-state index < -0.39 is 19.1 Å². The fourth-order valence-corrected chi connectivity index (χ4v) is 5.36. The molecule has 1 heterocycles. The molecule has 29 heavy (non-hydrogen) atoms. The minimum absolute atomic E-state index is 0.115. The van der Waals surface area contributed by atoms with E-state index >= 15 is 0 Å². The number of carbonyl (C=O) groups is 4. The molecule has 150 valence electrons. The number of Topliss-reactive ketones (excluding diaryl/α,β-unsaturated/α-hetero) is 1. The minimum atomic E-state index is -0.752. The summed E-state index contributed by atoms with van der Waals surface area (Å²) >= 11 is 0. The summed E-state index contributed by atoms with van der Waals surface area (Å²) in [6, 6.07) is 6.46. The fraction of sp³-hybridized carbons (Fsp3) is 0.455. The van der Waals surface area contributed by atoms with Gasteiger partial charge in [0.15, 0.2) is 12.4 Å². The van der Waals surface area contributed by atoms with E-state index in [1.807, 2.05) is 0 Å². The Bertz CT molecular complexity index is 899. The van der Waals surface area contributed by atoms with E-state index in [1.165, 1.54) is 7.11 Å². The number of carbonyl (C=O) groups excluding carboxylic acids is 4. The van der Waals surface area contributed by atoms with E-state index in [1.54, 1.807) is 24.3 Å². The lowest BCUT2D eigenvalue weighted by atomic mass is 9.63. The molecule has 0 N–H and O–H groups in total. The van der Waals surface area contributed by atoms with Gasteiger partial charge in [0.25, 0.3) is 0 Å². The van der Waals surface area contributed by atoms with Gasteiger partial charge in [0.05, 0.1) is 18.9 Å². The van der Waals surface area contributed by atoms with Crippen LogP contribution < -0.4 is 4.74 Å². The number of benzene rings is 1. The van der Waals surface area contributed by atoms with Gasteiger partial charge in [-0.1, -0.05) is 12.2 Å². The maximum absolute atomic E-state index is 12.8. The Labute approximate surface area is 167 Å². The summed E-state index contributed by atoms with van der Waals surface area (Å²) in [7, 11) is 1.53. The summed E-state index contributed by atoms with van der Waals surface area (Å²) < 4.78 is 10.1. The molecule has 6 rings (SSSR count).